The van der Waals surface area contributed by atoms with Crippen LogP contribution in [-0.4, -0.2) is 53.9 Å². The van der Waals surface area contributed by atoms with Crippen molar-refractivity contribution in [1.29, 1.82) is 0 Å². The number of amides is 3. The van der Waals surface area contributed by atoms with Gasteiger partial charge in [-0.2, -0.15) is 0 Å². The molecule has 1 saturated heterocycles. The fraction of sp³-hybridized carbons (Fsp3) is 0.526. The number of rotatable bonds is 2. The van der Waals surface area contributed by atoms with E-state index in [0.717, 1.165) is 5.56 Å². The Hall–Kier alpha value is -2.37. The topological polar surface area (TPSA) is 66.9 Å². The summed E-state index contributed by atoms with van der Waals surface area (Å²) in [5, 5.41) is 0. The first-order chi connectivity index (χ1) is 11.6. The van der Waals surface area contributed by atoms with Gasteiger partial charge in [0.2, 0.25) is 5.91 Å². The Kier molecular flexibility index (Phi) is 5.50. The molecule has 0 N–H and O–H groups in total. The summed E-state index contributed by atoms with van der Waals surface area (Å²) in [4.78, 5) is 39.1. The van der Waals surface area contributed by atoms with Crippen molar-refractivity contribution in [1.82, 2.24) is 9.80 Å². The summed E-state index contributed by atoms with van der Waals surface area (Å²) >= 11 is 0. The predicted octanol–water partition coefficient (Wildman–Crippen LogP) is 3.03. The highest BCUT2D eigenvalue weighted by atomic mass is 16.6. The molecule has 1 atom stereocenters. The van der Waals surface area contributed by atoms with Gasteiger partial charge in [0, 0.05) is 32.6 Å². The molecule has 25 heavy (non-hydrogen) atoms. The van der Waals surface area contributed by atoms with Gasteiger partial charge in [-0.05, 0) is 50.8 Å². The minimum atomic E-state index is -0.622. The average Bonchev–Trinajstić information content (AvgIpc) is 2.52. The molecule has 136 valence electrons. The Morgan fingerprint density at radius 1 is 1.16 bits per heavy atom. The third-order valence-electron chi connectivity index (χ3n) is 4.07. The number of ether oxygens (including phenoxy) is 1. The van der Waals surface area contributed by atoms with Crippen molar-refractivity contribution in [3.8, 4) is 0 Å². The van der Waals surface area contributed by atoms with Crippen LogP contribution in [0.15, 0.2) is 24.3 Å². The summed E-state index contributed by atoms with van der Waals surface area (Å²) in [6, 6.07) is 7.33. The van der Waals surface area contributed by atoms with Gasteiger partial charge in [-0.1, -0.05) is 12.1 Å². The number of benzene rings is 1. The number of likely N-dealkylation sites (tertiary alicyclic amines) is 1. The number of carbonyl (C=O) groups is 3. The fourth-order valence-electron chi connectivity index (χ4n) is 2.78. The first-order valence-electron chi connectivity index (χ1n) is 8.43. The van der Waals surface area contributed by atoms with E-state index in [2.05, 4.69) is 0 Å². The van der Waals surface area contributed by atoms with Crippen molar-refractivity contribution in [3.63, 3.8) is 0 Å². The van der Waals surface area contributed by atoms with E-state index in [-0.39, 0.29) is 24.2 Å². The van der Waals surface area contributed by atoms with Crippen LogP contribution in [0, 0.1) is 0 Å². The number of carbonyl (C=O) groups excluding carboxylic acids is 3. The van der Waals surface area contributed by atoms with Crippen molar-refractivity contribution in [3.05, 3.63) is 35.4 Å². The molecular weight excluding hydrogens is 320 g/mol. The lowest BCUT2D eigenvalue weighted by molar-refractivity contribution is -0.132. The Balaban J connectivity index is 2.02. The quantitative estimate of drug-likeness (QED) is 0.825. The molecule has 2 rings (SSSR count). The number of hydrogen-bond acceptors (Lipinski definition) is 4. The molecule has 1 aromatic rings. The largest absolute Gasteiger partial charge is 0.443 e. The smallest absolute Gasteiger partial charge is 0.417 e. The van der Waals surface area contributed by atoms with Crippen molar-refractivity contribution in [2.24, 2.45) is 0 Å². The van der Waals surface area contributed by atoms with Crippen LogP contribution in [0.1, 0.15) is 55.5 Å². The first kappa shape index (κ1) is 19.0. The van der Waals surface area contributed by atoms with Crippen molar-refractivity contribution >= 4 is 17.9 Å². The molecule has 0 bridgehead atoms. The van der Waals surface area contributed by atoms with Gasteiger partial charge in [-0.15, -0.1) is 0 Å². The zero-order valence-electron chi connectivity index (χ0n) is 15.5. The fourth-order valence-corrected chi connectivity index (χ4v) is 2.78. The predicted molar refractivity (Wildman–Crippen MR) is 94.4 cm³/mol. The minimum Gasteiger partial charge on any atom is -0.443 e. The van der Waals surface area contributed by atoms with Gasteiger partial charge >= 0.3 is 6.09 Å². The van der Waals surface area contributed by atoms with E-state index in [4.69, 9.17) is 4.74 Å². The highest BCUT2D eigenvalue weighted by Gasteiger charge is 2.33. The van der Waals surface area contributed by atoms with Crippen molar-refractivity contribution in [2.45, 2.75) is 45.1 Å². The number of imide groups is 1. The molecule has 0 radical (unpaired) electrons. The van der Waals surface area contributed by atoms with Gasteiger partial charge < -0.3 is 9.64 Å². The third-order valence-corrected chi connectivity index (χ3v) is 4.07. The second-order valence-corrected chi connectivity index (χ2v) is 7.54. The summed E-state index contributed by atoms with van der Waals surface area (Å²) in [5.41, 5.74) is 1.00. The van der Waals surface area contributed by atoms with Gasteiger partial charge in [0.05, 0.1) is 0 Å². The highest BCUT2D eigenvalue weighted by Crippen LogP contribution is 2.29. The number of nitrogens with zero attached hydrogens (tertiary/aromatic N) is 2. The third kappa shape index (κ3) is 4.81. The summed E-state index contributed by atoms with van der Waals surface area (Å²) in [5.74, 6) is -0.226. The molecule has 0 saturated carbocycles. The molecule has 0 aromatic heterocycles. The van der Waals surface area contributed by atoms with Gasteiger partial charge in [0.25, 0.3) is 5.91 Å². The molecule has 1 aliphatic heterocycles. The molecular formula is C19H26N2O4. The van der Waals surface area contributed by atoms with Gasteiger partial charge in [0.1, 0.15) is 5.60 Å². The van der Waals surface area contributed by atoms with E-state index in [9.17, 15) is 14.4 Å². The molecule has 1 unspecified atom stereocenters. The Morgan fingerprint density at radius 3 is 2.24 bits per heavy atom. The second kappa shape index (κ2) is 7.25. The Morgan fingerprint density at radius 2 is 1.76 bits per heavy atom. The average molecular weight is 346 g/mol. The van der Waals surface area contributed by atoms with Crippen molar-refractivity contribution < 1.29 is 19.1 Å². The van der Waals surface area contributed by atoms with Crippen LogP contribution in [-0.2, 0) is 9.53 Å². The normalized spacial score (nSPS) is 18.0. The van der Waals surface area contributed by atoms with Crippen LogP contribution in [0.5, 0.6) is 0 Å². The lowest BCUT2D eigenvalue weighted by Crippen LogP contribution is -2.44. The molecule has 6 heteroatoms. The Bertz CT molecular complexity index is 659. The van der Waals surface area contributed by atoms with Crippen LogP contribution < -0.4 is 0 Å². The van der Waals surface area contributed by atoms with E-state index in [0.29, 0.717) is 18.5 Å². The molecule has 6 nitrogen and oxygen atoms in total. The standard InChI is InChI=1S/C19H26N2O4/c1-19(2,3)25-18(24)21-11-10-15(12-16(21)22)13-6-8-14(9-7-13)17(23)20(4)5/h6-9,15H,10-12H2,1-5H3. The molecule has 0 spiro atoms. The Labute approximate surface area is 148 Å². The molecule has 1 fully saturated rings. The highest BCUT2D eigenvalue weighted by molar-refractivity contribution is 5.94. The number of piperidine rings is 1. The monoisotopic (exact) mass is 346 g/mol. The van der Waals surface area contributed by atoms with Crippen LogP contribution in [0.4, 0.5) is 4.79 Å². The van der Waals surface area contributed by atoms with E-state index in [1.54, 1.807) is 47.0 Å². The summed E-state index contributed by atoms with van der Waals surface area (Å²) in [7, 11) is 3.42. The van der Waals surface area contributed by atoms with Crippen LogP contribution in [0.25, 0.3) is 0 Å². The minimum absolute atomic E-state index is 0.0506. The molecule has 0 aliphatic carbocycles. The van der Waals surface area contributed by atoms with Crippen LogP contribution in [0.2, 0.25) is 0 Å². The van der Waals surface area contributed by atoms with E-state index < -0.39 is 11.7 Å². The van der Waals surface area contributed by atoms with E-state index >= 15 is 0 Å². The van der Waals surface area contributed by atoms with E-state index in [1.807, 2.05) is 12.1 Å². The zero-order valence-corrected chi connectivity index (χ0v) is 15.5. The van der Waals surface area contributed by atoms with Gasteiger partial charge in [0.15, 0.2) is 0 Å². The molecule has 3 amide bonds. The molecule has 1 heterocycles. The van der Waals surface area contributed by atoms with E-state index in [1.165, 1.54) is 9.80 Å². The van der Waals surface area contributed by atoms with Crippen molar-refractivity contribution in [2.75, 3.05) is 20.6 Å². The maximum absolute atomic E-state index is 12.3. The SMILES string of the molecule is CN(C)C(=O)c1ccc(C2CCN(C(=O)OC(C)(C)C)C(=O)C2)cc1. The summed E-state index contributed by atoms with van der Waals surface area (Å²) < 4.78 is 5.28. The lowest BCUT2D eigenvalue weighted by atomic mass is 9.88. The maximum atomic E-state index is 12.3. The lowest BCUT2D eigenvalue weighted by Gasteiger charge is -2.32. The summed E-state index contributed by atoms with van der Waals surface area (Å²) in [6.45, 7) is 5.67. The maximum Gasteiger partial charge on any atom is 0.417 e. The zero-order chi connectivity index (χ0) is 18.8. The molecule has 1 aliphatic rings. The van der Waals surface area contributed by atoms with Crippen LogP contribution in [0.3, 0.4) is 0 Å². The number of hydrogen-bond donors (Lipinski definition) is 0. The molecule has 1 aromatic carbocycles. The first-order valence-corrected chi connectivity index (χ1v) is 8.43. The van der Waals surface area contributed by atoms with Gasteiger partial charge in [-0.3, -0.25) is 9.59 Å². The van der Waals surface area contributed by atoms with Crippen LogP contribution >= 0.6 is 0 Å². The summed E-state index contributed by atoms with van der Waals surface area (Å²) in [6.07, 6.45) is 0.370. The second-order valence-electron chi connectivity index (χ2n) is 7.54. The van der Waals surface area contributed by atoms with Gasteiger partial charge in [-0.25, -0.2) is 9.69 Å².